The lowest BCUT2D eigenvalue weighted by molar-refractivity contribution is -0.199. The Bertz CT molecular complexity index is 1110. The van der Waals surface area contributed by atoms with Crippen LogP contribution in [-0.4, -0.2) is 65.5 Å². The van der Waals surface area contributed by atoms with E-state index in [9.17, 15) is 14.4 Å². The van der Waals surface area contributed by atoms with Gasteiger partial charge in [0.1, 0.15) is 24.4 Å². The van der Waals surface area contributed by atoms with Crippen LogP contribution in [0.5, 0.6) is 0 Å². The van der Waals surface area contributed by atoms with E-state index in [1.807, 2.05) is 0 Å². The molecule has 3 aliphatic rings. The van der Waals surface area contributed by atoms with E-state index in [1.54, 1.807) is 13.8 Å². The Labute approximate surface area is 220 Å². The van der Waals surface area contributed by atoms with Gasteiger partial charge in [0.15, 0.2) is 12.0 Å². The fraction of sp³-hybridized carbons (Fsp3) is 0.783. The molecule has 1 aromatic heterocycles. The summed E-state index contributed by atoms with van der Waals surface area (Å²) in [6.07, 6.45) is 5.31. The first-order chi connectivity index (χ1) is 17.6. The van der Waals surface area contributed by atoms with Crippen LogP contribution in [0.2, 0.25) is 0 Å². The Kier molecular flexibility index (Phi) is 9.39. The van der Waals surface area contributed by atoms with Crippen LogP contribution < -0.4 is 16.3 Å². The number of nitrogens with zero attached hydrogens (tertiary/aromatic N) is 1. The van der Waals surface area contributed by atoms with Crippen molar-refractivity contribution in [3.8, 4) is 0 Å². The van der Waals surface area contributed by atoms with Crippen LogP contribution in [0.4, 0.5) is 0 Å². The highest BCUT2D eigenvalue weighted by Crippen LogP contribution is 2.50. The predicted molar refractivity (Wildman–Crippen MR) is 137 cm³/mol. The molecule has 0 saturated carbocycles. The number of esters is 1. The molecule has 0 aliphatic carbocycles. The Hall–Kier alpha value is -1.44. The zero-order valence-electron chi connectivity index (χ0n) is 21.4. The molecule has 1 aromatic rings. The number of carbonyl (C=O) groups excluding carboxylic acids is 1. The van der Waals surface area contributed by atoms with Crippen LogP contribution in [0, 0.1) is 0 Å². The van der Waals surface area contributed by atoms with Crippen LogP contribution in [0.25, 0.3) is 0 Å². The van der Waals surface area contributed by atoms with Crippen LogP contribution in [0.3, 0.4) is 0 Å². The maximum absolute atomic E-state index is 12.4. The number of fused-ring (bicyclic) bond motifs is 1. The van der Waals surface area contributed by atoms with E-state index in [0.29, 0.717) is 6.61 Å². The smallest absolute Gasteiger partial charge is 0.330 e. The third-order valence-corrected chi connectivity index (χ3v) is 8.97. The molecule has 208 valence electrons. The van der Waals surface area contributed by atoms with Gasteiger partial charge < -0.3 is 28.0 Å². The lowest BCUT2D eigenvalue weighted by atomic mass is 10.1. The lowest BCUT2D eigenvalue weighted by Gasteiger charge is -2.25. The van der Waals surface area contributed by atoms with Crippen molar-refractivity contribution in [1.82, 2.24) is 14.6 Å². The van der Waals surface area contributed by atoms with Crippen molar-refractivity contribution in [2.45, 2.75) is 95.7 Å². The normalized spacial score (nSPS) is 32.5. The van der Waals surface area contributed by atoms with Crippen molar-refractivity contribution in [3.63, 3.8) is 0 Å². The molecule has 2 N–H and O–H groups in total. The zero-order chi connectivity index (χ0) is 26.6. The van der Waals surface area contributed by atoms with Gasteiger partial charge in [-0.05, 0) is 32.1 Å². The second-order valence-corrected chi connectivity index (χ2v) is 13.1. The van der Waals surface area contributed by atoms with E-state index in [4.69, 9.17) is 39.8 Å². The van der Waals surface area contributed by atoms with E-state index >= 15 is 0 Å². The minimum Gasteiger partial charge on any atom is -0.464 e. The van der Waals surface area contributed by atoms with Crippen molar-refractivity contribution in [2.75, 3.05) is 19.8 Å². The number of nitrogens with one attached hydrogen (secondary N) is 2. The Morgan fingerprint density at radius 3 is 2.68 bits per heavy atom. The SMILES string of the molecule is CCCCCCCCOC(=O)[C@H]1CO[P@](=S)(OC[C@H]2O[C@@H](n3ccc(=O)[nH]c3=O)[C@@H]3OC(C)(C)O[C@@H]32)N1. The molecule has 4 rings (SSSR count). The standard InChI is InChI=1S/C23H36N3O9PS/c1-4-5-6-7-8-9-12-30-21(28)15-13-31-36(37,25-15)32-14-16-18-19(35-23(2,3)34-18)20(33-16)26-11-10-17(27)24-22(26)29/h10-11,15-16,18-20H,4-9,12-14H2,1-3H3,(H,25,37)(H,24,27,29)/t15-,16-,18-,19-,20-,36+/m1/s1. The summed E-state index contributed by atoms with van der Waals surface area (Å²) in [5.74, 6) is -1.32. The lowest BCUT2D eigenvalue weighted by Crippen LogP contribution is -2.37. The summed E-state index contributed by atoms with van der Waals surface area (Å²) >= 11 is 5.54. The van der Waals surface area contributed by atoms with Crippen molar-refractivity contribution in [3.05, 3.63) is 33.1 Å². The summed E-state index contributed by atoms with van der Waals surface area (Å²) in [5, 5.41) is 2.98. The average molecular weight is 562 g/mol. The average Bonchev–Trinajstić information content (AvgIpc) is 3.48. The molecule has 12 nitrogen and oxygen atoms in total. The van der Waals surface area contributed by atoms with Crippen LogP contribution >= 0.6 is 6.64 Å². The fourth-order valence-electron chi connectivity index (χ4n) is 4.61. The largest absolute Gasteiger partial charge is 0.464 e. The van der Waals surface area contributed by atoms with Gasteiger partial charge >= 0.3 is 11.7 Å². The van der Waals surface area contributed by atoms with Crippen molar-refractivity contribution in [2.24, 2.45) is 0 Å². The topological polar surface area (TPSA) is 139 Å². The summed E-state index contributed by atoms with van der Waals surface area (Å²) in [6.45, 7) is 3.14. The van der Waals surface area contributed by atoms with E-state index < -0.39 is 60.2 Å². The second-order valence-electron chi connectivity index (χ2n) is 9.85. The second kappa shape index (κ2) is 12.2. The molecule has 3 saturated heterocycles. The van der Waals surface area contributed by atoms with Crippen LogP contribution in [0.1, 0.15) is 65.5 Å². The molecular weight excluding hydrogens is 525 g/mol. The molecule has 3 aliphatic heterocycles. The highest BCUT2D eigenvalue weighted by atomic mass is 32.5. The van der Waals surface area contributed by atoms with E-state index in [0.717, 1.165) is 19.3 Å². The number of H-pyrrole nitrogens is 1. The number of unbranched alkanes of at least 4 members (excludes halogenated alkanes) is 5. The molecule has 37 heavy (non-hydrogen) atoms. The molecule has 0 bridgehead atoms. The van der Waals surface area contributed by atoms with Crippen molar-refractivity contribution in [1.29, 1.82) is 0 Å². The van der Waals surface area contributed by atoms with Gasteiger partial charge in [0.25, 0.3) is 12.2 Å². The van der Waals surface area contributed by atoms with Gasteiger partial charge in [0.05, 0.1) is 19.8 Å². The van der Waals surface area contributed by atoms with Gasteiger partial charge in [-0.1, -0.05) is 39.0 Å². The summed E-state index contributed by atoms with van der Waals surface area (Å²) in [5.41, 5.74) is -1.14. The first kappa shape index (κ1) is 28.6. The minimum absolute atomic E-state index is 0.0149. The zero-order valence-corrected chi connectivity index (χ0v) is 23.1. The number of carbonyl (C=O) groups is 1. The van der Waals surface area contributed by atoms with Gasteiger partial charge in [0.2, 0.25) is 0 Å². The van der Waals surface area contributed by atoms with Crippen LogP contribution in [-0.2, 0) is 44.6 Å². The van der Waals surface area contributed by atoms with Gasteiger partial charge in [0, 0.05) is 12.3 Å². The number of hydrogen-bond acceptors (Lipinski definition) is 10. The van der Waals surface area contributed by atoms with Gasteiger partial charge in [-0.2, -0.15) is 0 Å². The third-order valence-electron chi connectivity index (χ3n) is 6.41. The molecule has 0 aromatic carbocycles. The van der Waals surface area contributed by atoms with Crippen molar-refractivity contribution >= 4 is 24.4 Å². The summed E-state index contributed by atoms with van der Waals surface area (Å²) in [7, 11) is 0. The van der Waals surface area contributed by atoms with E-state index in [-0.39, 0.29) is 13.2 Å². The number of aromatic amines is 1. The van der Waals surface area contributed by atoms with Crippen molar-refractivity contribution < 1.29 is 32.8 Å². The highest BCUT2D eigenvalue weighted by Gasteiger charge is 2.56. The number of ether oxygens (including phenoxy) is 4. The molecule has 0 unspecified atom stereocenters. The molecule has 4 heterocycles. The molecule has 0 amide bonds. The molecule has 14 heteroatoms. The molecule has 3 fully saturated rings. The van der Waals surface area contributed by atoms with Crippen LogP contribution in [0.15, 0.2) is 21.9 Å². The highest BCUT2D eigenvalue weighted by molar-refractivity contribution is 8.09. The summed E-state index contributed by atoms with van der Waals surface area (Å²) in [6, 6.07) is 0.539. The monoisotopic (exact) mass is 561 g/mol. The van der Waals surface area contributed by atoms with Gasteiger partial charge in [-0.25, -0.2) is 9.88 Å². The Morgan fingerprint density at radius 2 is 1.92 bits per heavy atom. The number of rotatable bonds is 12. The minimum atomic E-state index is -2.98. The molecule has 0 radical (unpaired) electrons. The maximum atomic E-state index is 12.4. The van der Waals surface area contributed by atoms with Gasteiger partial charge in [-0.3, -0.25) is 19.1 Å². The molecule has 6 atom stereocenters. The summed E-state index contributed by atoms with van der Waals surface area (Å²) in [4.78, 5) is 38.5. The number of aromatic nitrogens is 2. The van der Waals surface area contributed by atoms with Gasteiger partial charge in [-0.15, -0.1) is 0 Å². The van der Waals surface area contributed by atoms with E-state index in [2.05, 4.69) is 17.0 Å². The number of hydrogen-bond donors (Lipinski definition) is 2. The fourth-order valence-corrected chi connectivity index (χ4v) is 6.83. The first-order valence-corrected chi connectivity index (χ1v) is 15.4. The Balaban J connectivity index is 1.30. The quantitative estimate of drug-likeness (QED) is 0.220. The third kappa shape index (κ3) is 7.15. The maximum Gasteiger partial charge on any atom is 0.330 e. The molecule has 0 spiro atoms. The Morgan fingerprint density at radius 1 is 1.19 bits per heavy atom. The summed E-state index contributed by atoms with van der Waals surface area (Å²) < 4.78 is 36.3. The van der Waals surface area contributed by atoms with E-state index in [1.165, 1.54) is 36.1 Å². The first-order valence-electron chi connectivity index (χ1n) is 12.8. The predicted octanol–water partition coefficient (Wildman–Crippen LogP) is 2.09. The molecular formula is C23H36N3O9PS.